The molecular formula is C26H28N6O5S. The van der Waals surface area contributed by atoms with Crippen molar-refractivity contribution in [2.75, 3.05) is 18.0 Å². The average molecular weight is 537 g/mol. The van der Waals surface area contributed by atoms with Crippen molar-refractivity contribution in [3.05, 3.63) is 77.0 Å². The predicted molar refractivity (Wildman–Crippen MR) is 139 cm³/mol. The van der Waals surface area contributed by atoms with Gasteiger partial charge in [0.25, 0.3) is 0 Å². The molecule has 38 heavy (non-hydrogen) atoms. The van der Waals surface area contributed by atoms with Crippen molar-refractivity contribution in [1.82, 2.24) is 19.3 Å². The normalized spacial score (nSPS) is 14.2. The van der Waals surface area contributed by atoms with E-state index in [1.807, 2.05) is 4.90 Å². The van der Waals surface area contributed by atoms with Crippen LogP contribution >= 0.6 is 0 Å². The number of benzene rings is 1. The van der Waals surface area contributed by atoms with E-state index in [-0.39, 0.29) is 23.4 Å². The Balaban J connectivity index is 1.52. The quantitative estimate of drug-likeness (QED) is 0.418. The van der Waals surface area contributed by atoms with Crippen LogP contribution in [0, 0.1) is 17.2 Å². The van der Waals surface area contributed by atoms with E-state index in [2.05, 4.69) is 20.8 Å². The third-order valence-electron chi connectivity index (χ3n) is 6.55. The molecule has 0 aliphatic carbocycles. The molecule has 2 N–H and O–H groups in total. The van der Waals surface area contributed by atoms with Crippen LogP contribution in [0.1, 0.15) is 52.5 Å². The molecule has 0 radical (unpaired) electrons. The van der Waals surface area contributed by atoms with Crippen LogP contribution < -0.4 is 9.62 Å². The number of aromatic carboxylic acids is 1. The number of nitriles is 1. The highest BCUT2D eigenvalue weighted by Crippen LogP contribution is 2.31. The smallest absolute Gasteiger partial charge is 0.337 e. The highest BCUT2D eigenvalue weighted by atomic mass is 32.2. The van der Waals surface area contributed by atoms with Gasteiger partial charge in [-0.3, -0.25) is 9.52 Å². The van der Waals surface area contributed by atoms with Gasteiger partial charge in [0.05, 0.1) is 35.4 Å². The zero-order valence-electron chi connectivity index (χ0n) is 20.9. The van der Waals surface area contributed by atoms with Crippen molar-refractivity contribution in [3.63, 3.8) is 0 Å². The van der Waals surface area contributed by atoms with Gasteiger partial charge < -0.3 is 14.6 Å². The molecule has 2 aromatic heterocycles. The molecule has 3 heterocycles. The zero-order chi connectivity index (χ0) is 27.3. The van der Waals surface area contributed by atoms with E-state index in [1.165, 1.54) is 0 Å². The summed E-state index contributed by atoms with van der Waals surface area (Å²) in [5.74, 6) is -2.13. The van der Waals surface area contributed by atoms with E-state index in [1.54, 1.807) is 60.5 Å². The van der Waals surface area contributed by atoms with Gasteiger partial charge >= 0.3 is 5.97 Å². The number of carbonyl (C=O) groups excluding carboxylic acids is 1. The molecule has 0 atom stereocenters. The van der Waals surface area contributed by atoms with E-state index >= 15 is 0 Å². The van der Waals surface area contributed by atoms with Crippen molar-refractivity contribution in [2.45, 2.75) is 38.5 Å². The number of hydrogen-bond donors (Lipinski definition) is 2. The third-order valence-corrected chi connectivity index (χ3v) is 7.77. The van der Waals surface area contributed by atoms with Crippen LogP contribution in [0.15, 0.2) is 49.1 Å². The molecule has 1 aromatic carbocycles. The van der Waals surface area contributed by atoms with Gasteiger partial charge in [0.2, 0.25) is 15.9 Å². The molecule has 0 saturated carbocycles. The van der Waals surface area contributed by atoms with E-state index < -0.39 is 27.8 Å². The lowest BCUT2D eigenvalue weighted by Crippen LogP contribution is -2.43. The maximum atomic E-state index is 12.8. The molecule has 0 bridgehead atoms. The number of carboxylic acid groups (broad SMARTS) is 1. The molecule has 198 valence electrons. The number of piperidine rings is 1. The topological polar surface area (TPSA) is 158 Å². The number of nitrogens with one attached hydrogen (secondary N) is 1. The van der Waals surface area contributed by atoms with E-state index in [4.69, 9.17) is 0 Å². The SMILES string of the molecule is CCc1c(C#N)c(N2CCC(C(=O)NS(=O)(=O)Cc3ccccc3)CC2)nc(Cn2ccnc2)c1C(=O)O. The Labute approximate surface area is 220 Å². The first-order valence-electron chi connectivity index (χ1n) is 12.2. The van der Waals surface area contributed by atoms with Gasteiger partial charge in [0, 0.05) is 31.4 Å². The summed E-state index contributed by atoms with van der Waals surface area (Å²) >= 11 is 0. The standard InChI is InChI=1S/C26H28N6O5S/c1-2-20-21(14-27)24(29-22(23(20)26(34)35)15-31-13-10-28-17-31)32-11-8-19(9-12-32)25(33)30-38(36,37)16-18-6-4-3-5-7-18/h3-7,10,13,17,19H,2,8-9,11-12,15-16H2,1H3,(H,30,33)(H,34,35). The van der Waals surface area contributed by atoms with Crippen LogP contribution in [-0.2, 0) is 33.5 Å². The Morgan fingerprint density at radius 1 is 1.21 bits per heavy atom. The molecule has 1 fully saturated rings. The summed E-state index contributed by atoms with van der Waals surface area (Å²) in [6.07, 6.45) is 5.90. The maximum absolute atomic E-state index is 12.8. The first kappa shape index (κ1) is 26.8. The number of anilines is 1. The molecule has 1 saturated heterocycles. The van der Waals surface area contributed by atoms with Crippen LogP contribution in [0.3, 0.4) is 0 Å². The molecule has 1 aliphatic heterocycles. The Morgan fingerprint density at radius 3 is 2.50 bits per heavy atom. The second-order valence-corrected chi connectivity index (χ2v) is 10.8. The number of carboxylic acids is 1. The van der Waals surface area contributed by atoms with Gasteiger partial charge in [-0.05, 0) is 30.4 Å². The van der Waals surface area contributed by atoms with Crippen molar-refractivity contribution < 1.29 is 23.1 Å². The van der Waals surface area contributed by atoms with Gasteiger partial charge in [0.1, 0.15) is 11.9 Å². The Hall–Kier alpha value is -4.24. The van der Waals surface area contributed by atoms with Crippen LogP contribution in [0.4, 0.5) is 5.82 Å². The van der Waals surface area contributed by atoms with Gasteiger partial charge in [-0.25, -0.2) is 23.2 Å². The van der Waals surface area contributed by atoms with Crippen LogP contribution in [0.5, 0.6) is 0 Å². The van der Waals surface area contributed by atoms with Gasteiger partial charge in [-0.2, -0.15) is 5.26 Å². The Kier molecular flexibility index (Phi) is 8.07. The first-order chi connectivity index (χ1) is 18.2. The number of rotatable bonds is 9. The molecule has 3 aromatic rings. The zero-order valence-corrected chi connectivity index (χ0v) is 21.7. The fourth-order valence-electron chi connectivity index (χ4n) is 4.71. The van der Waals surface area contributed by atoms with E-state index in [9.17, 15) is 28.4 Å². The fourth-order valence-corrected chi connectivity index (χ4v) is 5.89. The summed E-state index contributed by atoms with van der Waals surface area (Å²) < 4.78 is 28.9. The third kappa shape index (κ3) is 6.00. The predicted octanol–water partition coefficient (Wildman–Crippen LogP) is 2.32. The molecular weight excluding hydrogens is 508 g/mol. The molecule has 0 spiro atoms. The Morgan fingerprint density at radius 2 is 1.92 bits per heavy atom. The van der Waals surface area contributed by atoms with E-state index in [0.29, 0.717) is 55.0 Å². The first-order valence-corrected chi connectivity index (χ1v) is 13.9. The number of carbonyl (C=O) groups is 2. The lowest BCUT2D eigenvalue weighted by atomic mass is 9.94. The highest BCUT2D eigenvalue weighted by Gasteiger charge is 2.31. The van der Waals surface area contributed by atoms with Crippen molar-refractivity contribution in [2.24, 2.45) is 5.92 Å². The number of pyridine rings is 1. The van der Waals surface area contributed by atoms with Crippen molar-refractivity contribution in [1.29, 1.82) is 5.26 Å². The lowest BCUT2D eigenvalue weighted by Gasteiger charge is -2.33. The Bertz CT molecular complexity index is 1460. The maximum Gasteiger partial charge on any atom is 0.337 e. The minimum Gasteiger partial charge on any atom is -0.478 e. The largest absolute Gasteiger partial charge is 0.478 e. The summed E-state index contributed by atoms with van der Waals surface area (Å²) in [4.78, 5) is 35.4. The molecule has 1 amide bonds. The number of imidazole rings is 1. The number of hydrogen-bond acceptors (Lipinski definition) is 8. The summed E-state index contributed by atoms with van der Waals surface area (Å²) in [6.45, 7) is 2.68. The molecule has 1 aliphatic rings. The molecule has 0 unspecified atom stereocenters. The number of nitrogens with zero attached hydrogens (tertiary/aromatic N) is 5. The minimum atomic E-state index is -3.84. The molecule has 4 rings (SSSR count). The molecule has 11 nitrogen and oxygen atoms in total. The number of amides is 1. The van der Waals surface area contributed by atoms with Crippen LogP contribution in [0.25, 0.3) is 0 Å². The van der Waals surface area contributed by atoms with Crippen molar-refractivity contribution >= 4 is 27.7 Å². The fraction of sp³-hybridized carbons (Fsp3) is 0.346. The van der Waals surface area contributed by atoms with Gasteiger partial charge in [-0.1, -0.05) is 37.3 Å². The number of sulfonamides is 1. The lowest BCUT2D eigenvalue weighted by molar-refractivity contribution is -0.123. The van der Waals surface area contributed by atoms with Crippen molar-refractivity contribution in [3.8, 4) is 6.07 Å². The molecule has 12 heteroatoms. The second kappa shape index (κ2) is 11.4. The van der Waals surface area contributed by atoms with E-state index in [0.717, 1.165) is 0 Å². The average Bonchev–Trinajstić information content (AvgIpc) is 3.41. The van der Waals surface area contributed by atoms with Crippen LogP contribution in [-0.4, -0.2) is 53.0 Å². The second-order valence-electron chi connectivity index (χ2n) is 9.09. The summed E-state index contributed by atoms with van der Waals surface area (Å²) in [6, 6.07) is 10.8. The van der Waals surface area contributed by atoms with Gasteiger partial charge in [0.15, 0.2) is 0 Å². The summed E-state index contributed by atoms with van der Waals surface area (Å²) in [5, 5.41) is 19.9. The van der Waals surface area contributed by atoms with Gasteiger partial charge in [-0.15, -0.1) is 0 Å². The number of aromatic nitrogens is 3. The highest BCUT2D eigenvalue weighted by molar-refractivity contribution is 7.89. The minimum absolute atomic E-state index is 0.0133. The monoisotopic (exact) mass is 536 g/mol. The van der Waals surface area contributed by atoms with Crippen LogP contribution in [0.2, 0.25) is 0 Å². The summed E-state index contributed by atoms with van der Waals surface area (Å²) in [7, 11) is -3.84. The summed E-state index contributed by atoms with van der Waals surface area (Å²) in [5.41, 5.74) is 1.52.